The maximum Gasteiger partial charge on any atom is 0.136 e. The molecule has 2 rings (SSSR count). The lowest BCUT2D eigenvalue weighted by Crippen LogP contribution is -2.09. The molecule has 0 spiro atoms. The molecule has 2 nitrogen and oxygen atoms in total. The molecule has 1 aromatic heterocycles. The second-order valence-electron chi connectivity index (χ2n) is 4.99. The SMILES string of the molecule is CCCc1nc(Cl)c(C)c(SC2CCCCC2)n1. The quantitative estimate of drug-likeness (QED) is 0.742. The van der Waals surface area contributed by atoms with Gasteiger partial charge in [0.15, 0.2) is 0 Å². The van der Waals surface area contributed by atoms with Crippen molar-refractivity contribution in [2.75, 3.05) is 0 Å². The highest BCUT2D eigenvalue weighted by molar-refractivity contribution is 7.99. The molecule has 0 atom stereocenters. The van der Waals surface area contributed by atoms with E-state index in [4.69, 9.17) is 11.6 Å². The lowest BCUT2D eigenvalue weighted by Gasteiger charge is -2.21. The average molecular weight is 285 g/mol. The molecule has 0 amide bonds. The summed E-state index contributed by atoms with van der Waals surface area (Å²) in [5.74, 6) is 0.895. The number of nitrogens with zero attached hydrogens (tertiary/aromatic N) is 2. The number of rotatable bonds is 4. The molecule has 0 unspecified atom stereocenters. The normalized spacial score (nSPS) is 17.1. The van der Waals surface area contributed by atoms with E-state index in [1.54, 1.807) is 0 Å². The van der Waals surface area contributed by atoms with Crippen LogP contribution in [-0.4, -0.2) is 15.2 Å². The van der Waals surface area contributed by atoms with Crippen molar-refractivity contribution in [1.29, 1.82) is 0 Å². The molecule has 0 saturated heterocycles. The number of aryl methyl sites for hydroxylation is 1. The van der Waals surface area contributed by atoms with Gasteiger partial charge in [0.25, 0.3) is 0 Å². The number of thioether (sulfide) groups is 1. The van der Waals surface area contributed by atoms with E-state index in [9.17, 15) is 0 Å². The summed E-state index contributed by atoms with van der Waals surface area (Å²) in [5.41, 5.74) is 1.05. The predicted molar refractivity (Wildman–Crippen MR) is 78.5 cm³/mol. The summed E-state index contributed by atoms with van der Waals surface area (Å²) in [5, 5.41) is 2.45. The number of aromatic nitrogens is 2. The van der Waals surface area contributed by atoms with Gasteiger partial charge in [0, 0.05) is 17.2 Å². The minimum absolute atomic E-state index is 0.631. The highest BCUT2D eigenvalue weighted by Crippen LogP contribution is 2.35. The van der Waals surface area contributed by atoms with E-state index in [1.165, 1.54) is 32.1 Å². The van der Waals surface area contributed by atoms with Gasteiger partial charge in [-0.1, -0.05) is 37.8 Å². The Kier molecular flexibility index (Phi) is 5.31. The molecule has 0 radical (unpaired) electrons. The first-order valence-corrected chi connectivity index (χ1v) is 8.16. The van der Waals surface area contributed by atoms with Crippen LogP contribution in [0.4, 0.5) is 0 Å². The molecule has 1 aliphatic carbocycles. The maximum absolute atomic E-state index is 6.21. The van der Waals surface area contributed by atoms with Crippen molar-refractivity contribution in [3.63, 3.8) is 0 Å². The molecule has 0 aromatic carbocycles. The molecular weight excluding hydrogens is 264 g/mol. The number of hydrogen-bond donors (Lipinski definition) is 0. The van der Waals surface area contributed by atoms with Crippen LogP contribution in [0.3, 0.4) is 0 Å². The van der Waals surface area contributed by atoms with Crippen LogP contribution in [-0.2, 0) is 6.42 Å². The molecule has 18 heavy (non-hydrogen) atoms. The largest absolute Gasteiger partial charge is 0.226 e. The van der Waals surface area contributed by atoms with E-state index < -0.39 is 0 Å². The monoisotopic (exact) mass is 284 g/mol. The fraction of sp³-hybridized carbons (Fsp3) is 0.714. The summed E-state index contributed by atoms with van der Waals surface area (Å²) in [4.78, 5) is 9.04. The van der Waals surface area contributed by atoms with Gasteiger partial charge in [-0.05, 0) is 26.2 Å². The Balaban J connectivity index is 2.14. The van der Waals surface area contributed by atoms with Crippen molar-refractivity contribution in [2.24, 2.45) is 0 Å². The van der Waals surface area contributed by atoms with Crippen molar-refractivity contribution < 1.29 is 0 Å². The fourth-order valence-electron chi connectivity index (χ4n) is 2.30. The molecule has 1 aromatic rings. The number of hydrogen-bond acceptors (Lipinski definition) is 3. The molecule has 0 aliphatic heterocycles. The minimum Gasteiger partial charge on any atom is -0.226 e. The zero-order chi connectivity index (χ0) is 13.0. The van der Waals surface area contributed by atoms with E-state index in [-0.39, 0.29) is 0 Å². The Bertz CT molecular complexity index is 403. The molecular formula is C14H21ClN2S. The molecule has 0 bridgehead atoms. The molecule has 1 heterocycles. The molecule has 1 fully saturated rings. The van der Waals surface area contributed by atoms with Gasteiger partial charge in [-0.15, -0.1) is 11.8 Å². The highest BCUT2D eigenvalue weighted by Gasteiger charge is 2.18. The van der Waals surface area contributed by atoms with Crippen molar-refractivity contribution in [1.82, 2.24) is 9.97 Å². The van der Waals surface area contributed by atoms with Gasteiger partial charge >= 0.3 is 0 Å². The zero-order valence-corrected chi connectivity index (χ0v) is 12.8. The van der Waals surface area contributed by atoms with Crippen LogP contribution < -0.4 is 0 Å². The van der Waals surface area contributed by atoms with Gasteiger partial charge in [-0.2, -0.15) is 0 Å². The highest BCUT2D eigenvalue weighted by atomic mass is 35.5. The van der Waals surface area contributed by atoms with Gasteiger partial charge in [-0.3, -0.25) is 0 Å². The van der Waals surface area contributed by atoms with Crippen LogP contribution >= 0.6 is 23.4 Å². The van der Waals surface area contributed by atoms with Crippen LogP contribution in [0.15, 0.2) is 5.03 Å². The van der Waals surface area contributed by atoms with E-state index in [0.29, 0.717) is 5.15 Å². The molecule has 100 valence electrons. The fourth-order valence-corrected chi connectivity index (χ4v) is 3.86. The van der Waals surface area contributed by atoms with Crippen molar-refractivity contribution in [3.8, 4) is 0 Å². The Hall–Kier alpha value is -0.280. The predicted octanol–water partition coefficient (Wildman–Crippen LogP) is 4.82. The first-order valence-electron chi connectivity index (χ1n) is 6.90. The molecule has 4 heteroatoms. The Morgan fingerprint density at radius 2 is 1.94 bits per heavy atom. The Labute approximate surface area is 119 Å². The van der Waals surface area contributed by atoms with E-state index in [2.05, 4.69) is 16.9 Å². The van der Waals surface area contributed by atoms with Crippen molar-refractivity contribution in [3.05, 3.63) is 16.5 Å². The molecule has 1 aliphatic rings. The van der Waals surface area contributed by atoms with Gasteiger partial charge in [0.2, 0.25) is 0 Å². The molecule has 1 saturated carbocycles. The van der Waals surface area contributed by atoms with Crippen molar-refractivity contribution >= 4 is 23.4 Å². The second kappa shape index (κ2) is 6.76. The zero-order valence-electron chi connectivity index (χ0n) is 11.2. The van der Waals surface area contributed by atoms with Crippen LogP contribution in [0.5, 0.6) is 0 Å². The van der Waals surface area contributed by atoms with Crippen LogP contribution in [0.2, 0.25) is 5.15 Å². The third-order valence-electron chi connectivity index (χ3n) is 3.39. The van der Waals surface area contributed by atoms with Crippen molar-refractivity contribution in [2.45, 2.75) is 69.1 Å². The van der Waals surface area contributed by atoms with Crippen LogP contribution in [0, 0.1) is 6.92 Å². The second-order valence-corrected chi connectivity index (χ2v) is 6.64. The summed E-state index contributed by atoms with van der Waals surface area (Å²) in [6, 6.07) is 0. The standard InChI is InChI=1S/C14H21ClN2S/c1-3-7-12-16-13(15)10(2)14(17-12)18-11-8-5-4-6-9-11/h11H,3-9H2,1-2H3. The van der Waals surface area contributed by atoms with E-state index >= 15 is 0 Å². The van der Waals surface area contributed by atoms with E-state index in [1.807, 2.05) is 18.7 Å². The first-order chi connectivity index (χ1) is 8.70. The van der Waals surface area contributed by atoms with Crippen LogP contribution in [0.25, 0.3) is 0 Å². The third-order valence-corrected chi connectivity index (χ3v) is 5.19. The lowest BCUT2D eigenvalue weighted by molar-refractivity contribution is 0.515. The first kappa shape index (κ1) is 14.1. The smallest absolute Gasteiger partial charge is 0.136 e. The maximum atomic E-state index is 6.21. The number of halogens is 1. The van der Waals surface area contributed by atoms with Gasteiger partial charge in [0.05, 0.1) is 0 Å². The van der Waals surface area contributed by atoms with Gasteiger partial charge in [-0.25, -0.2) is 9.97 Å². The topological polar surface area (TPSA) is 25.8 Å². The lowest BCUT2D eigenvalue weighted by atomic mass is 10.0. The Morgan fingerprint density at radius 1 is 1.22 bits per heavy atom. The van der Waals surface area contributed by atoms with Crippen LogP contribution in [0.1, 0.15) is 56.8 Å². The summed E-state index contributed by atoms with van der Waals surface area (Å²) >= 11 is 8.12. The summed E-state index contributed by atoms with van der Waals surface area (Å²) in [6.07, 6.45) is 8.71. The van der Waals surface area contributed by atoms with Gasteiger partial charge < -0.3 is 0 Å². The Morgan fingerprint density at radius 3 is 2.61 bits per heavy atom. The summed E-state index contributed by atoms with van der Waals surface area (Å²) < 4.78 is 0. The van der Waals surface area contributed by atoms with E-state index in [0.717, 1.165) is 34.5 Å². The molecule has 0 N–H and O–H groups in total. The summed E-state index contributed by atoms with van der Waals surface area (Å²) in [6.45, 7) is 4.17. The minimum atomic E-state index is 0.631. The van der Waals surface area contributed by atoms with Gasteiger partial charge in [0.1, 0.15) is 16.0 Å². The third kappa shape index (κ3) is 3.61. The summed E-state index contributed by atoms with van der Waals surface area (Å²) in [7, 11) is 0. The average Bonchev–Trinajstić information content (AvgIpc) is 2.37.